The predicted octanol–water partition coefficient (Wildman–Crippen LogP) is 4.11. The van der Waals surface area contributed by atoms with Crippen LogP contribution in [0.15, 0.2) is 41.3 Å². The number of hydrogen-bond donors (Lipinski definition) is 3. The lowest BCUT2D eigenvalue weighted by Gasteiger charge is -2.18. The second kappa shape index (κ2) is 12.2. The summed E-state index contributed by atoms with van der Waals surface area (Å²) in [5.74, 6) is -1.16. The molecule has 4 N–H and O–H groups in total. The van der Waals surface area contributed by atoms with Crippen molar-refractivity contribution in [2.24, 2.45) is 5.73 Å². The van der Waals surface area contributed by atoms with Gasteiger partial charge in [0.05, 0.1) is 4.90 Å². The number of anilines is 1. The van der Waals surface area contributed by atoms with Gasteiger partial charge in [-0.05, 0) is 31.4 Å². The molecule has 2 aromatic rings. The second-order valence-corrected chi connectivity index (χ2v) is 10.3. The molecule has 1 atom stereocenters. The Morgan fingerprint density at radius 3 is 2.28 bits per heavy atom. The van der Waals surface area contributed by atoms with Crippen LogP contribution >= 0.6 is 0 Å². The van der Waals surface area contributed by atoms with Crippen LogP contribution in [0.3, 0.4) is 0 Å². The molecule has 178 valence electrons. The minimum Gasteiger partial charge on any atom is -0.480 e. The maximum atomic E-state index is 12.8. The van der Waals surface area contributed by atoms with Crippen LogP contribution < -0.4 is 15.4 Å². The molecule has 1 saturated carbocycles. The van der Waals surface area contributed by atoms with E-state index in [-0.39, 0.29) is 11.3 Å². The van der Waals surface area contributed by atoms with Gasteiger partial charge in [-0.15, -0.1) is 0 Å². The number of nitrogens with one attached hydrogen (secondary N) is 1. The number of nitrogens with zero attached hydrogens (tertiary/aromatic N) is 1. The number of benzene rings is 2. The first-order chi connectivity index (χ1) is 15.2. The molecule has 0 heterocycles. The first-order valence-corrected chi connectivity index (χ1v) is 12.9. The van der Waals surface area contributed by atoms with Gasteiger partial charge in [-0.2, -0.15) is 4.72 Å². The lowest BCUT2D eigenvalue weighted by Crippen LogP contribution is -2.40. The average molecular weight is 464 g/mol. The Morgan fingerprint density at radius 1 is 1.12 bits per heavy atom. The van der Waals surface area contributed by atoms with E-state index < -0.39 is 22.0 Å². The molecule has 0 radical (unpaired) electrons. The molecule has 7 nitrogen and oxygen atoms in total. The first-order valence-electron chi connectivity index (χ1n) is 11.4. The zero-order valence-corrected chi connectivity index (χ0v) is 20.2. The Bertz CT molecular complexity index is 986. The van der Waals surface area contributed by atoms with Crippen LogP contribution in [0, 0.1) is 0 Å². The monoisotopic (exact) mass is 463 g/mol. The minimum atomic E-state index is -3.95. The van der Waals surface area contributed by atoms with Crippen molar-refractivity contribution in [2.45, 2.75) is 75.3 Å². The van der Waals surface area contributed by atoms with Crippen LogP contribution in [0.4, 0.5) is 5.69 Å². The molecule has 1 aliphatic rings. The molecular formula is C24H37N3O4S. The van der Waals surface area contributed by atoms with Crippen LogP contribution in [0.2, 0.25) is 0 Å². The zero-order valence-electron chi connectivity index (χ0n) is 19.4. The van der Waals surface area contributed by atoms with Gasteiger partial charge in [-0.1, -0.05) is 63.3 Å². The van der Waals surface area contributed by atoms with Crippen LogP contribution in [0.1, 0.15) is 58.3 Å². The van der Waals surface area contributed by atoms with Crippen LogP contribution in [-0.4, -0.2) is 45.7 Å². The van der Waals surface area contributed by atoms with E-state index in [1.54, 1.807) is 18.2 Å². The lowest BCUT2D eigenvalue weighted by molar-refractivity contribution is -0.139. The summed E-state index contributed by atoms with van der Waals surface area (Å²) < 4.78 is 28.0. The van der Waals surface area contributed by atoms with Crippen LogP contribution in [0.5, 0.6) is 0 Å². The third-order valence-corrected chi connectivity index (χ3v) is 7.25. The van der Waals surface area contributed by atoms with E-state index in [0.29, 0.717) is 17.8 Å². The maximum absolute atomic E-state index is 12.8. The summed E-state index contributed by atoms with van der Waals surface area (Å²) in [4.78, 5) is 13.4. The highest BCUT2D eigenvalue weighted by Gasteiger charge is 2.26. The zero-order chi connectivity index (χ0) is 23.7. The summed E-state index contributed by atoms with van der Waals surface area (Å²) in [6.07, 6.45) is 8.36. The second-order valence-electron chi connectivity index (χ2n) is 8.58. The fraction of sp³-hybridized carbons (Fsp3) is 0.542. The quantitative estimate of drug-likeness (QED) is 0.543. The number of carbonyl (C=O) groups is 1. The SMILES string of the molecule is CCCC[C@@H](NS(=O)(=O)c1cccc2c(N(C)C)cccc12)C(=O)O.NC1CCCCC1. The van der Waals surface area contributed by atoms with Gasteiger partial charge >= 0.3 is 5.97 Å². The van der Waals surface area contributed by atoms with Gasteiger partial charge in [0, 0.05) is 36.6 Å². The summed E-state index contributed by atoms with van der Waals surface area (Å²) in [5.41, 5.74) is 6.53. The van der Waals surface area contributed by atoms with Crippen molar-refractivity contribution < 1.29 is 18.3 Å². The van der Waals surface area contributed by atoms with Crippen molar-refractivity contribution in [1.29, 1.82) is 0 Å². The van der Waals surface area contributed by atoms with Crippen molar-refractivity contribution in [3.05, 3.63) is 36.4 Å². The number of carboxylic acids is 1. The minimum absolute atomic E-state index is 0.0939. The lowest BCUT2D eigenvalue weighted by atomic mass is 9.97. The Balaban J connectivity index is 0.000000439. The molecule has 0 unspecified atom stereocenters. The fourth-order valence-electron chi connectivity index (χ4n) is 3.91. The number of aliphatic carboxylic acids is 1. The van der Waals surface area contributed by atoms with Crippen LogP contribution in [0.25, 0.3) is 10.8 Å². The molecule has 2 aromatic carbocycles. The molecule has 0 amide bonds. The third-order valence-electron chi connectivity index (χ3n) is 5.72. The van der Waals surface area contributed by atoms with E-state index in [1.807, 2.05) is 38.1 Å². The van der Waals surface area contributed by atoms with E-state index in [2.05, 4.69) is 4.72 Å². The smallest absolute Gasteiger partial charge is 0.321 e. The topological polar surface area (TPSA) is 113 Å². The molecule has 0 saturated heterocycles. The number of sulfonamides is 1. The standard InChI is InChI=1S/C18H24N2O4S.C6H13N/c1-4-5-10-15(18(21)22)19-25(23,24)17-12-7-8-13-14(17)9-6-11-16(13)20(2)3;7-6-4-2-1-3-5-6/h6-9,11-12,15,19H,4-5,10H2,1-3H3,(H,21,22);6H,1-5,7H2/t15-;/m1./s1. The van der Waals surface area contributed by atoms with Gasteiger partial charge in [0.1, 0.15) is 6.04 Å². The van der Waals surface area contributed by atoms with Gasteiger partial charge in [-0.25, -0.2) is 8.42 Å². The Morgan fingerprint density at radius 2 is 1.75 bits per heavy atom. The van der Waals surface area contributed by atoms with Crippen molar-refractivity contribution in [2.75, 3.05) is 19.0 Å². The molecule has 1 aliphatic carbocycles. The summed E-state index contributed by atoms with van der Waals surface area (Å²) in [6.45, 7) is 1.93. The molecule has 0 aliphatic heterocycles. The molecule has 1 fully saturated rings. The summed E-state index contributed by atoms with van der Waals surface area (Å²) in [7, 11) is -0.177. The van der Waals surface area contributed by atoms with Gasteiger partial charge in [0.2, 0.25) is 10.0 Å². The molecular weight excluding hydrogens is 426 g/mol. The van der Waals surface area contributed by atoms with Crippen molar-refractivity contribution in [1.82, 2.24) is 4.72 Å². The normalized spacial score (nSPS) is 15.6. The highest BCUT2D eigenvalue weighted by molar-refractivity contribution is 7.89. The number of hydrogen-bond acceptors (Lipinski definition) is 5. The summed E-state index contributed by atoms with van der Waals surface area (Å²) in [5, 5.41) is 10.7. The summed E-state index contributed by atoms with van der Waals surface area (Å²) in [6, 6.07) is 9.88. The number of carboxylic acid groups (broad SMARTS) is 1. The Kier molecular flexibility index (Phi) is 9.93. The number of unbranched alkanes of at least 4 members (excludes halogenated alkanes) is 1. The average Bonchev–Trinajstić information content (AvgIpc) is 2.76. The van der Waals surface area contributed by atoms with Gasteiger partial charge in [-0.3, -0.25) is 4.79 Å². The van der Waals surface area contributed by atoms with E-state index in [9.17, 15) is 18.3 Å². The maximum Gasteiger partial charge on any atom is 0.321 e. The summed E-state index contributed by atoms with van der Waals surface area (Å²) >= 11 is 0. The van der Waals surface area contributed by atoms with Gasteiger partial charge in [0.25, 0.3) is 0 Å². The molecule has 3 rings (SSSR count). The number of fused-ring (bicyclic) bond motifs is 1. The Labute approximate surface area is 192 Å². The largest absolute Gasteiger partial charge is 0.480 e. The van der Waals surface area contributed by atoms with Crippen molar-refractivity contribution >= 4 is 32.5 Å². The number of rotatable bonds is 8. The van der Waals surface area contributed by atoms with E-state index in [0.717, 1.165) is 17.5 Å². The van der Waals surface area contributed by atoms with Crippen molar-refractivity contribution in [3.63, 3.8) is 0 Å². The van der Waals surface area contributed by atoms with Gasteiger partial charge in [0.15, 0.2) is 0 Å². The fourth-order valence-corrected chi connectivity index (χ4v) is 5.36. The molecule has 0 spiro atoms. The first kappa shape index (κ1) is 26.1. The number of nitrogens with two attached hydrogens (primary N) is 1. The molecule has 0 aromatic heterocycles. The molecule has 0 bridgehead atoms. The van der Waals surface area contributed by atoms with Gasteiger partial charge < -0.3 is 15.7 Å². The molecule has 32 heavy (non-hydrogen) atoms. The third kappa shape index (κ3) is 7.18. The highest BCUT2D eigenvalue weighted by atomic mass is 32.2. The Hall–Kier alpha value is -2.16. The van der Waals surface area contributed by atoms with Crippen molar-refractivity contribution in [3.8, 4) is 0 Å². The highest BCUT2D eigenvalue weighted by Crippen LogP contribution is 2.30. The van der Waals surface area contributed by atoms with E-state index >= 15 is 0 Å². The van der Waals surface area contributed by atoms with E-state index in [4.69, 9.17) is 5.73 Å². The predicted molar refractivity (Wildman–Crippen MR) is 131 cm³/mol. The van der Waals surface area contributed by atoms with E-state index in [1.165, 1.54) is 38.2 Å². The van der Waals surface area contributed by atoms with Crippen LogP contribution in [-0.2, 0) is 14.8 Å². The molecule has 8 heteroatoms.